The fourth-order valence-corrected chi connectivity index (χ4v) is 2.33. The lowest BCUT2D eigenvalue weighted by atomic mass is 9.86. The lowest BCUT2D eigenvalue weighted by Crippen LogP contribution is -2.35. The van der Waals surface area contributed by atoms with Gasteiger partial charge in [0.2, 0.25) is 5.91 Å². The molecule has 5 heteroatoms. The third kappa shape index (κ3) is 3.24. The van der Waals surface area contributed by atoms with E-state index in [-0.39, 0.29) is 30.4 Å². The number of likely N-dealkylation sites (N-methyl/N-ethyl adjacent to an activating group) is 1. The third-order valence-corrected chi connectivity index (χ3v) is 3.75. The predicted molar refractivity (Wildman–Crippen MR) is 79.8 cm³/mol. The zero-order valence-corrected chi connectivity index (χ0v) is 13.0. The predicted octanol–water partition coefficient (Wildman–Crippen LogP) is 1.91. The maximum Gasteiger partial charge on any atom is 0.327 e. The SMILES string of the molecule is CN1CC(=O)N(CC(O)c2ccc(C(C)(C)C)cc2)C1=O. The zero-order chi connectivity index (χ0) is 15.8. The van der Waals surface area contributed by atoms with Gasteiger partial charge in [0.1, 0.15) is 6.54 Å². The highest BCUT2D eigenvalue weighted by Gasteiger charge is 2.34. The Bertz CT molecular complexity index is 546. The zero-order valence-electron chi connectivity index (χ0n) is 13.0. The molecule has 1 aromatic rings. The minimum atomic E-state index is -0.863. The number of amides is 3. The molecule has 0 radical (unpaired) electrons. The topological polar surface area (TPSA) is 60.9 Å². The van der Waals surface area contributed by atoms with Crippen molar-refractivity contribution < 1.29 is 14.7 Å². The first-order valence-corrected chi connectivity index (χ1v) is 7.04. The van der Waals surface area contributed by atoms with Crippen LogP contribution in [0.25, 0.3) is 0 Å². The van der Waals surface area contributed by atoms with E-state index in [0.717, 1.165) is 4.90 Å². The molecule has 1 heterocycles. The van der Waals surface area contributed by atoms with Crippen molar-refractivity contribution in [2.45, 2.75) is 32.3 Å². The Labute approximate surface area is 125 Å². The fraction of sp³-hybridized carbons (Fsp3) is 0.500. The molecule has 1 aromatic carbocycles. The average molecular weight is 290 g/mol. The van der Waals surface area contributed by atoms with E-state index in [4.69, 9.17) is 0 Å². The van der Waals surface area contributed by atoms with Crippen LogP contribution in [0.3, 0.4) is 0 Å². The third-order valence-electron chi connectivity index (χ3n) is 3.75. The average Bonchev–Trinajstić information content (AvgIpc) is 2.64. The second kappa shape index (κ2) is 5.48. The van der Waals surface area contributed by atoms with Crippen LogP contribution >= 0.6 is 0 Å². The highest BCUT2D eigenvalue weighted by atomic mass is 16.3. The Hall–Kier alpha value is -1.88. The normalized spacial score (nSPS) is 17.6. The van der Waals surface area contributed by atoms with Gasteiger partial charge in [0, 0.05) is 7.05 Å². The molecule has 1 N–H and O–H groups in total. The summed E-state index contributed by atoms with van der Waals surface area (Å²) in [6, 6.07) is 7.28. The van der Waals surface area contributed by atoms with Crippen LogP contribution in [0.2, 0.25) is 0 Å². The van der Waals surface area contributed by atoms with Gasteiger partial charge in [0.15, 0.2) is 0 Å². The number of benzene rings is 1. The van der Waals surface area contributed by atoms with E-state index in [1.807, 2.05) is 24.3 Å². The number of aliphatic hydroxyl groups is 1. The maximum absolute atomic E-state index is 11.8. The molecule has 1 aliphatic rings. The number of rotatable bonds is 3. The molecule has 1 saturated heterocycles. The number of urea groups is 1. The highest BCUT2D eigenvalue weighted by molar-refractivity contribution is 6.01. The van der Waals surface area contributed by atoms with Crippen LogP contribution < -0.4 is 0 Å². The van der Waals surface area contributed by atoms with Crippen LogP contribution in [0.4, 0.5) is 4.79 Å². The van der Waals surface area contributed by atoms with E-state index >= 15 is 0 Å². The first-order valence-electron chi connectivity index (χ1n) is 7.04. The summed E-state index contributed by atoms with van der Waals surface area (Å²) < 4.78 is 0. The smallest absolute Gasteiger partial charge is 0.327 e. The van der Waals surface area contributed by atoms with E-state index in [1.54, 1.807) is 7.05 Å². The maximum atomic E-state index is 11.8. The summed E-state index contributed by atoms with van der Waals surface area (Å²) in [6.07, 6.45) is -0.863. The van der Waals surface area contributed by atoms with Crippen molar-refractivity contribution >= 4 is 11.9 Å². The summed E-state index contributed by atoms with van der Waals surface area (Å²) in [5, 5.41) is 10.2. The lowest BCUT2D eigenvalue weighted by molar-refractivity contribution is -0.126. The molecule has 5 nitrogen and oxygen atoms in total. The number of β-amino-alcohol motifs (C(OH)–C–C–N with tert-alkyl or cyclic N) is 1. The van der Waals surface area contributed by atoms with E-state index < -0.39 is 6.10 Å². The summed E-state index contributed by atoms with van der Waals surface area (Å²) in [7, 11) is 1.57. The number of carbonyl (C=O) groups excluding carboxylic acids is 2. The highest BCUT2D eigenvalue weighted by Crippen LogP contribution is 2.24. The molecule has 1 aliphatic heterocycles. The number of imide groups is 1. The molecule has 3 amide bonds. The van der Waals surface area contributed by atoms with Gasteiger partial charge in [-0.15, -0.1) is 0 Å². The Balaban J connectivity index is 2.09. The van der Waals surface area contributed by atoms with Crippen LogP contribution in [0.15, 0.2) is 24.3 Å². The van der Waals surface area contributed by atoms with Gasteiger partial charge in [-0.3, -0.25) is 9.69 Å². The Kier molecular flexibility index (Phi) is 4.05. The summed E-state index contributed by atoms with van der Waals surface area (Å²) in [5.41, 5.74) is 1.93. The number of nitrogens with zero attached hydrogens (tertiary/aromatic N) is 2. The first kappa shape index (κ1) is 15.5. The summed E-state index contributed by atoms with van der Waals surface area (Å²) in [4.78, 5) is 25.9. The number of carbonyl (C=O) groups is 2. The Morgan fingerprint density at radius 2 is 1.76 bits per heavy atom. The molecule has 1 unspecified atom stereocenters. The van der Waals surface area contributed by atoms with Gasteiger partial charge >= 0.3 is 6.03 Å². The van der Waals surface area contributed by atoms with E-state index in [1.165, 1.54) is 10.5 Å². The molecule has 0 aromatic heterocycles. The van der Waals surface area contributed by atoms with Gasteiger partial charge in [-0.25, -0.2) is 4.79 Å². The van der Waals surface area contributed by atoms with Gasteiger partial charge in [0.25, 0.3) is 0 Å². The molecule has 2 rings (SSSR count). The van der Waals surface area contributed by atoms with Crippen molar-refractivity contribution in [1.29, 1.82) is 0 Å². The minimum absolute atomic E-state index is 0.00310. The molecule has 21 heavy (non-hydrogen) atoms. The number of hydrogen-bond acceptors (Lipinski definition) is 3. The largest absolute Gasteiger partial charge is 0.387 e. The van der Waals surface area contributed by atoms with Gasteiger partial charge in [-0.05, 0) is 16.5 Å². The van der Waals surface area contributed by atoms with Crippen molar-refractivity contribution in [2.75, 3.05) is 20.1 Å². The van der Waals surface area contributed by atoms with Crippen LogP contribution in [-0.2, 0) is 10.2 Å². The van der Waals surface area contributed by atoms with Crippen LogP contribution in [0.1, 0.15) is 38.0 Å². The van der Waals surface area contributed by atoms with Crippen molar-refractivity contribution in [3.05, 3.63) is 35.4 Å². The van der Waals surface area contributed by atoms with Gasteiger partial charge in [-0.2, -0.15) is 0 Å². The lowest BCUT2D eigenvalue weighted by Gasteiger charge is -2.21. The molecule has 0 spiro atoms. The van der Waals surface area contributed by atoms with Crippen molar-refractivity contribution in [2.24, 2.45) is 0 Å². The van der Waals surface area contributed by atoms with Crippen LogP contribution in [0.5, 0.6) is 0 Å². The van der Waals surface area contributed by atoms with Gasteiger partial charge in [0.05, 0.1) is 12.6 Å². The van der Waals surface area contributed by atoms with Crippen LogP contribution in [0, 0.1) is 0 Å². The first-order chi connectivity index (χ1) is 9.70. The monoisotopic (exact) mass is 290 g/mol. The van der Waals surface area contributed by atoms with E-state index in [0.29, 0.717) is 5.56 Å². The molecule has 1 atom stereocenters. The molecule has 0 bridgehead atoms. The number of aliphatic hydroxyl groups excluding tert-OH is 1. The Morgan fingerprint density at radius 1 is 1.19 bits per heavy atom. The van der Waals surface area contributed by atoms with Crippen molar-refractivity contribution in [3.63, 3.8) is 0 Å². The van der Waals surface area contributed by atoms with Crippen molar-refractivity contribution in [1.82, 2.24) is 9.80 Å². The van der Waals surface area contributed by atoms with Crippen molar-refractivity contribution in [3.8, 4) is 0 Å². The molecule has 114 valence electrons. The van der Waals surface area contributed by atoms with Crippen LogP contribution in [-0.4, -0.2) is 47.0 Å². The van der Waals surface area contributed by atoms with E-state index in [9.17, 15) is 14.7 Å². The molecule has 0 aliphatic carbocycles. The number of hydrogen-bond donors (Lipinski definition) is 1. The quantitative estimate of drug-likeness (QED) is 0.865. The molecular formula is C16H22N2O3. The molecular weight excluding hydrogens is 268 g/mol. The Morgan fingerprint density at radius 3 is 2.19 bits per heavy atom. The standard InChI is InChI=1S/C16H22N2O3/c1-16(2,3)12-7-5-11(6-8-12)13(19)9-18-14(20)10-17(4)15(18)21/h5-8,13,19H,9-10H2,1-4H3. The fourth-order valence-electron chi connectivity index (χ4n) is 2.33. The minimum Gasteiger partial charge on any atom is -0.387 e. The van der Waals surface area contributed by atoms with E-state index in [2.05, 4.69) is 20.8 Å². The summed E-state index contributed by atoms with van der Waals surface area (Å²) in [6.45, 7) is 6.44. The summed E-state index contributed by atoms with van der Waals surface area (Å²) in [5.74, 6) is -0.270. The molecule has 1 fully saturated rings. The molecule has 0 saturated carbocycles. The second-order valence-electron chi connectivity index (χ2n) is 6.53. The van der Waals surface area contributed by atoms with Gasteiger partial charge in [-0.1, -0.05) is 45.0 Å². The van der Waals surface area contributed by atoms with Gasteiger partial charge < -0.3 is 10.0 Å². The summed E-state index contributed by atoms with van der Waals surface area (Å²) >= 11 is 0. The second-order valence-corrected chi connectivity index (χ2v) is 6.53.